The van der Waals surface area contributed by atoms with E-state index >= 15 is 0 Å². The molecular formula is C22H32N6. The van der Waals surface area contributed by atoms with E-state index in [0.29, 0.717) is 0 Å². The highest BCUT2D eigenvalue weighted by Crippen LogP contribution is 2.12. The van der Waals surface area contributed by atoms with Crippen molar-refractivity contribution in [2.45, 2.75) is 20.4 Å². The molecule has 6 nitrogen and oxygen atoms in total. The highest BCUT2D eigenvalue weighted by atomic mass is 15.3. The maximum atomic E-state index is 4.50. The molecule has 0 spiro atoms. The first-order chi connectivity index (χ1) is 13.6. The van der Waals surface area contributed by atoms with E-state index in [9.17, 15) is 0 Å². The summed E-state index contributed by atoms with van der Waals surface area (Å²) in [5.41, 5.74) is 4.80. The largest absolute Gasteiger partial charge is 0.352 e. The number of piperazine rings is 1. The maximum absolute atomic E-state index is 4.50. The summed E-state index contributed by atoms with van der Waals surface area (Å²) < 4.78 is 1.94. The topological polar surface area (TPSA) is 48.7 Å². The van der Waals surface area contributed by atoms with Gasteiger partial charge in [0.15, 0.2) is 5.96 Å². The summed E-state index contributed by atoms with van der Waals surface area (Å²) in [7, 11) is 3.85. The smallest absolute Gasteiger partial charge is 0.194 e. The van der Waals surface area contributed by atoms with Gasteiger partial charge in [0.05, 0.1) is 5.69 Å². The lowest BCUT2D eigenvalue weighted by atomic mass is 10.2. The van der Waals surface area contributed by atoms with Gasteiger partial charge in [-0.3, -0.25) is 14.6 Å². The fourth-order valence-electron chi connectivity index (χ4n) is 3.62. The quantitative estimate of drug-likeness (QED) is 0.639. The third-order valence-electron chi connectivity index (χ3n) is 5.44. The summed E-state index contributed by atoms with van der Waals surface area (Å²) in [5.74, 6) is 0.974. The molecule has 3 rings (SSSR count). The van der Waals surface area contributed by atoms with Gasteiger partial charge in [-0.05, 0) is 19.4 Å². The van der Waals surface area contributed by atoms with Crippen molar-refractivity contribution in [3.63, 3.8) is 0 Å². The third-order valence-corrected chi connectivity index (χ3v) is 5.44. The molecule has 2 heterocycles. The van der Waals surface area contributed by atoms with Crippen molar-refractivity contribution in [3.05, 3.63) is 58.9 Å². The average Bonchev–Trinajstić information content (AvgIpc) is 2.96. The Labute approximate surface area is 168 Å². The normalized spacial score (nSPS) is 16.1. The number of hydrogen-bond donors (Lipinski definition) is 1. The van der Waals surface area contributed by atoms with Crippen LogP contribution in [-0.2, 0) is 13.6 Å². The van der Waals surface area contributed by atoms with Gasteiger partial charge < -0.3 is 10.2 Å². The van der Waals surface area contributed by atoms with Crippen LogP contribution in [0.3, 0.4) is 0 Å². The number of guanidine groups is 1. The monoisotopic (exact) mass is 380 g/mol. The van der Waals surface area contributed by atoms with Gasteiger partial charge in [0.1, 0.15) is 0 Å². The van der Waals surface area contributed by atoms with Gasteiger partial charge in [-0.25, -0.2) is 0 Å². The van der Waals surface area contributed by atoms with Gasteiger partial charge in [0.2, 0.25) is 0 Å². The van der Waals surface area contributed by atoms with Crippen molar-refractivity contribution in [3.8, 4) is 0 Å². The van der Waals surface area contributed by atoms with Crippen LogP contribution in [0.2, 0.25) is 0 Å². The Kier molecular flexibility index (Phi) is 6.87. The molecule has 1 fully saturated rings. The molecule has 6 heteroatoms. The van der Waals surface area contributed by atoms with E-state index in [-0.39, 0.29) is 0 Å². The zero-order valence-corrected chi connectivity index (χ0v) is 17.5. The molecule has 1 aliphatic rings. The Morgan fingerprint density at radius 1 is 1.14 bits per heavy atom. The van der Waals surface area contributed by atoms with E-state index in [1.165, 1.54) is 16.8 Å². The van der Waals surface area contributed by atoms with E-state index in [2.05, 4.69) is 75.5 Å². The van der Waals surface area contributed by atoms with Crippen molar-refractivity contribution >= 4 is 12.0 Å². The van der Waals surface area contributed by atoms with Crippen molar-refractivity contribution in [1.29, 1.82) is 0 Å². The average molecular weight is 381 g/mol. The Bertz CT molecular complexity index is 813. The molecule has 1 N–H and O–H groups in total. The lowest BCUT2D eigenvalue weighted by molar-refractivity contribution is 0.194. The second kappa shape index (κ2) is 9.55. The van der Waals surface area contributed by atoms with Gasteiger partial charge in [-0.2, -0.15) is 5.10 Å². The molecule has 1 aromatic heterocycles. The first-order valence-electron chi connectivity index (χ1n) is 9.97. The Hall–Kier alpha value is -2.60. The summed E-state index contributed by atoms with van der Waals surface area (Å²) in [5, 5.41) is 8.02. The first-order valence-corrected chi connectivity index (χ1v) is 9.97. The molecule has 0 radical (unpaired) electrons. The van der Waals surface area contributed by atoms with E-state index in [4.69, 9.17) is 0 Å². The number of aliphatic imine (C=N–C) groups is 1. The van der Waals surface area contributed by atoms with Crippen LogP contribution < -0.4 is 5.32 Å². The molecule has 0 unspecified atom stereocenters. The summed E-state index contributed by atoms with van der Waals surface area (Å²) in [6, 6.07) is 10.5. The van der Waals surface area contributed by atoms with Gasteiger partial charge in [0, 0.05) is 64.6 Å². The van der Waals surface area contributed by atoms with Gasteiger partial charge in [-0.15, -0.1) is 0 Å². The Morgan fingerprint density at radius 2 is 1.86 bits per heavy atom. The SMILES string of the molecule is CN=C(NCc1c(C)nn(C)c1C)N1CCN(C/C=C/c2ccccc2)CC1. The van der Waals surface area contributed by atoms with E-state index in [0.717, 1.165) is 50.9 Å². The zero-order chi connectivity index (χ0) is 19.9. The zero-order valence-electron chi connectivity index (χ0n) is 17.5. The second-order valence-electron chi connectivity index (χ2n) is 7.27. The van der Waals surface area contributed by atoms with E-state index in [1.807, 2.05) is 24.8 Å². The van der Waals surface area contributed by atoms with Crippen LogP contribution in [0.25, 0.3) is 6.08 Å². The molecule has 0 saturated carbocycles. The molecule has 0 atom stereocenters. The van der Waals surface area contributed by atoms with Crippen LogP contribution in [0, 0.1) is 13.8 Å². The molecule has 1 aromatic carbocycles. The van der Waals surface area contributed by atoms with Crippen LogP contribution in [0.5, 0.6) is 0 Å². The number of nitrogens with one attached hydrogen (secondary N) is 1. The third kappa shape index (κ3) is 5.01. The maximum Gasteiger partial charge on any atom is 0.194 e. The lowest BCUT2D eigenvalue weighted by Gasteiger charge is -2.36. The minimum atomic E-state index is 0.762. The standard InChI is InChI=1S/C22H32N6/c1-18-21(19(2)26(4)25-18)17-24-22(23-3)28-15-13-27(14-16-28)12-8-11-20-9-6-5-7-10-20/h5-11H,12-17H2,1-4H3,(H,23,24)/b11-8+. The Morgan fingerprint density at radius 3 is 2.46 bits per heavy atom. The van der Waals surface area contributed by atoms with Crippen LogP contribution in [-0.4, -0.2) is 65.3 Å². The Balaban J connectivity index is 1.47. The summed E-state index contributed by atoms with van der Waals surface area (Å²) in [6.45, 7) is 10.0. The molecule has 1 saturated heterocycles. The molecule has 0 amide bonds. The second-order valence-corrected chi connectivity index (χ2v) is 7.27. The number of hydrogen-bond acceptors (Lipinski definition) is 3. The molecule has 1 aliphatic heterocycles. The van der Waals surface area contributed by atoms with Crippen molar-refractivity contribution in [1.82, 2.24) is 24.9 Å². The minimum absolute atomic E-state index is 0.762. The molecule has 28 heavy (non-hydrogen) atoms. The van der Waals surface area contributed by atoms with Crippen LogP contribution in [0.4, 0.5) is 0 Å². The van der Waals surface area contributed by atoms with Gasteiger partial charge >= 0.3 is 0 Å². The molecule has 0 aliphatic carbocycles. The van der Waals surface area contributed by atoms with Gasteiger partial charge in [-0.1, -0.05) is 42.5 Å². The summed E-state index contributed by atoms with van der Waals surface area (Å²) >= 11 is 0. The number of rotatable bonds is 5. The molecule has 150 valence electrons. The molecule has 0 bridgehead atoms. The highest BCUT2D eigenvalue weighted by molar-refractivity contribution is 5.80. The summed E-state index contributed by atoms with van der Waals surface area (Å²) in [4.78, 5) is 9.32. The summed E-state index contributed by atoms with van der Waals surface area (Å²) in [6.07, 6.45) is 4.46. The fourth-order valence-corrected chi connectivity index (χ4v) is 3.62. The fraction of sp³-hybridized carbons (Fsp3) is 0.455. The first kappa shape index (κ1) is 20.1. The highest BCUT2D eigenvalue weighted by Gasteiger charge is 2.19. The van der Waals surface area contributed by atoms with E-state index in [1.54, 1.807) is 0 Å². The predicted octanol–water partition coefficient (Wildman–Crippen LogP) is 2.44. The lowest BCUT2D eigenvalue weighted by Crippen LogP contribution is -2.52. The van der Waals surface area contributed by atoms with Crippen LogP contribution in [0.15, 0.2) is 41.4 Å². The molecule has 2 aromatic rings. The number of nitrogens with zero attached hydrogens (tertiary/aromatic N) is 5. The van der Waals surface area contributed by atoms with Crippen molar-refractivity contribution in [2.75, 3.05) is 39.8 Å². The number of benzene rings is 1. The van der Waals surface area contributed by atoms with Crippen molar-refractivity contribution < 1.29 is 0 Å². The minimum Gasteiger partial charge on any atom is -0.352 e. The molecular weight excluding hydrogens is 348 g/mol. The van der Waals surface area contributed by atoms with Gasteiger partial charge in [0.25, 0.3) is 0 Å². The number of aryl methyl sites for hydroxylation is 2. The van der Waals surface area contributed by atoms with Crippen LogP contribution in [0.1, 0.15) is 22.5 Å². The predicted molar refractivity (Wildman–Crippen MR) is 116 cm³/mol. The van der Waals surface area contributed by atoms with Crippen molar-refractivity contribution in [2.24, 2.45) is 12.0 Å². The van der Waals surface area contributed by atoms with Crippen LogP contribution >= 0.6 is 0 Å². The van der Waals surface area contributed by atoms with E-state index < -0.39 is 0 Å². The number of aromatic nitrogens is 2.